The molecule has 1 N–H and O–H groups in total. The van der Waals surface area contributed by atoms with Crippen molar-refractivity contribution < 1.29 is 32.1 Å². The van der Waals surface area contributed by atoms with Gasteiger partial charge in [0.25, 0.3) is 0 Å². The molecule has 0 amide bonds. The number of hydrogen-bond acceptors (Lipinski definition) is 6. The first-order valence-electron chi connectivity index (χ1n) is 10.4. The number of hydrogen-bond donors (Lipinski definition) is 1. The Bertz CT molecular complexity index is 1120. The Labute approximate surface area is 181 Å². The minimum absolute atomic E-state index is 0.00848. The number of fused-ring (bicyclic) bond motifs is 3. The van der Waals surface area contributed by atoms with Crippen LogP contribution in [0.2, 0.25) is 0 Å². The van der Waals surface area contributed by atoms with E-state index in [0.717, 1.165) is 25.9 Å². The van der Waals surface area contributed by atoms with Gasteiger partial charge in [-0.1, -0.05) is 13.8 Å². The van der Waals surface area contributed by atoms with Gasteiger partial charge < -0.3 is 10.1 Å². The van der Waals surface area contributed by atoms with Crippen LogP contribution in [-0.2, 0) is 11.4 Å². The van der Waals surface area contributed by atoms with E-state index < -0.39 is 12.1 Å². The van der Waals surface area contributed by atoms with E-state index in [1.54, 1.807) is 0 Å². The van der Waals surface area contributed by atoms with E-state index in [1.165, 1.54) is 18.1 Å². The second kappa shape index (κ2) is 8.19. The second-order valence-corrected chi connectivity index (χ2v) is 8.35. The Balaban J connectivity index is 1.83. The molecular weight excluding hydrogens is 429 g/mol. The SMILES string of the molecule is Cc1c2c(nn(OC(=O)C(F)(F)F)[n+]1=O)COc1cc(C(C)C)c(C3CCNCC3)cc1-2. The quantitative estimate of drug-likeness (QED) is 0.720. The molecule has 1 fully saturated rings. The Morgan fingerprint density at radius 3 is 2.62 bits per heavy atom. The van der Waals surface area contributed by atoms with Crippen molar-refractivity contribution in [2.24, 2.45) is 0 Å². The Morgan fingerprint density at radius 1 is 1.31 bits per heavy atom. The van der Waals surface area contributed by atoms with Crippen LogP contribution in [0.1, 0.15) is 61.0 Å². The summed E-state index contributed by atoms with van der Waals surface area (Å²) in [6.07, 6.45) is -3.30. The maximum Gasteiger partial charge on any atom is 0.493 e. The Hall–Kier alpha value is -2.95. The molecule has 4 rings (SSSR count). The Kier molecular flexibility index (Phi) is 5.70. The van der Waals surface area contributed by atoms with Crippen LogP contribution >= 0.6 is 0 Å². The number of alkyl halides is 3. The number of carbonyl (C=O) groups is 1. The number of piperidine rings is 1. The fourth-order valence-electron chi connectivity index (χ4n) is 4.32. The first-order valence-corrected chi connectivity index (χ1v) is 10.4. The third-order valence-corrected chi connectivity index (χ3v) is 5.91. The monoisotopic (exact) mass is 453 g/mol. The minimum atomic E-state index is -5.26. The molecule has 0 aliphatic carbocycles. The first-order chi connectivity index (χ1) is 15.1. The Morgan fingerprint density at radius 2 is 2.00 bits per heavy atom. The van der Waals surface area contributed by atoms with Crippen molar-refractivity contribution in [2.75, 3.05) is 13.1 Å². The highest BCUT2D eigenvalue weighted by Gasteiger charge is 2.44. The molecule has 2 aromatic rings. The third kappa shape index (κ3) is 3.96. The van der Waals surface area contributed by atoms with E-state index in [4.69, 9.17) is 4.74 Å². The molecule has 0 saturated carbocycles. The standard InChI is InChI=1S/C21H24F3N4O4/c1-11(2)14-9-18-16(8-15(14)13-4-6-25-7-5-13)19-12(3)27(30)28(26-17(19)10-31-18)32-20(29)21(22,23)24/h8-9,11,13,25H,4-7,10H2,1-3H3/q+1. The molecule has 2 aliphatic heterocycles. The van der Waals surface area contributed by atoms with Gasteiger partial charge in [0.05, 0.1) is 10.7 Å². The average molecular weight is 453 g/mol. The number of carbonyl (C=O) groups excluding carboxylic acids is 1. The minimum Gasteiger partial charge on any atom is -0.484 e. The molecule has 8 nitrogen and oxygen atoms in total. The second-order valence-electron chi connectivity index (χ2n) is 8.35. The molecular formula is C21H24F3N4O4+. The van der Waals surface area contributed by atoms with Crippen LogP contribution in [0, 0.1) is 11.8 Å². The predicted octanol–water partition coefficient (Wildman–Crippen LogP) is 2.77. The molecule has 2 aliphatic rings. The number of aromatic nitrogens is 3. The van der Waals surface area contributed by atoms with Gasteiger partial charge >= 0.3 is 12.1 Å². The molecule has 0 unspecified atom stereocenters. The molecule has 1 saturated heterocycles. The zero-order chi connectivity index (χ0) is 23.2. The molecule has 3 heterocycles. The number of nitrogens with one attached hydrogen (secondary N) is 1. The largest absolute Gasteiger partial charge is 0.493 e. The highest BCUT2D eigenvalue weighted by molar-refractivity contribution is 5.77. The zero-order valence-electron chi connectivity index (χ0n) is 18.0. The first kappa shape index (κ1) is 22.3. The lowest BCUT2D eigenvalue weighted by Crippen LogP contribution is -2.47. The molecule has 0 atom stereocenters. The van der Waals surface area contributed by atoms with Crippen molar-refractivity contribution in [2.45, 2.75) is 58.2 Å². The van der Waals surface area contributed by atoms with Gasteiger partial charge in [0.2, 0.25) is 10.7 Å². The van der Waals surface area contributed by atoms with E-state index in [9.17, 15) is 22.9 Å². The summed E-state index contributed by atoms with van der Waals surface area (Å²) in [5.41, 5.74) is 3.76. The summed E-state index contributed by atoms with van der Waals surface area (Å²) in [4.78, 5) is 27.9. The van der Waals surface area contributed by atoms with Crippen molar-refractivity contribution in [1.82, 2.24) is 15.4 Å². The van der Waals surface area contributed by atoms with Crippen LogP contribution in [0.4, 0.5) is 13.2 Å². The number of rotatable bonds is 3. The zero-order valence-corrected chi connectivity index (χ0v) is 18.0. The molecule has 172 valence electrons. The van der Waals surface area contributed by atoms with Crippen LogP contribution < -0.4 is 19.4 Å². The lowest BCUT2D eigenvalue weighted by atomic mass is 9.81. The summed E-state index contributed by atoms with van der Waals surface area (Å²) in [7, 11) is 0. The number of benzene rings is 1. The highest BCUT2D eigenvalue weighted by atomic mass is 19.4. The van der Waals surface area contributed by atoms with E-state index in [1.807, 2.05) is 12.1 Å². The van der Waals surface area contributed by atoms with Gasteiger partial charge in [-0.2, -0.15) is 13.2 Å². The van der Waals surface area contributed by atoms with E-state index in [-0.39, 0.29) is 33.4 Å². The predicted molar refractivity (Wildman–Crippen MR) is 107 cm³/mol. The normalized spacial score (nSPS) is 16.3. The van der Waals surface area contributed by atoms with Crippen molar-refractivity contribution in [1.29, 1.82) is 0 Å². The summed E-state index contributed by atoms with van der Waals surface area (Å²) in [5.74, 6) is -1.34. The van der Waals surface area contributed by atoms with Gasteiger partial charge in [0.1, 0.15) is 10.3 Å². The van der Waals surface area contributed by atoms with Crippen molar-refractivity contribution in [3.63, 3.8) is 0 Å². The van der Waals surface area contributed by atoms with Gasteiger partial charge in [-0.05, 0) is 65.9 Å². The van der Waals surface area contributed by atoms with E-state index >= 15 is 0 Å². The van der Waals surface area contributed by atoms with E-state index in [2.05, 4.69) is 29.1 Å². The molecule has 0 spiro atoms. The van der Waals surface area contributed by atoms with Crippen LogP contribution in [0.3, 0.4) is 0 Å². The average Bonchev–Trinajstić information content (AvgIpc) is 2.75. The summed E-state index contributed by atoms with van der Waals surface area (Å²) in [6.45, 7) is 7.42. The number of halogens is 3. The van der Waals surface area contributed by atoms with Crippen molar-refractivity contribution >= 4 is 5.97 Å². The van der Waals surface area contributed by atoms with Gasteiger partial charge in [0.15, 0.2) is 12.3 Å². The fraction of sp³-hybridized carbons (Fsp3) is 0.524. The maximum atomic E-state index is 12.6. The highest BCUT2D eigenvalue weighted by Crippen LogP contribution is 2.43. The molecule has 32 heavy (non-hydrogen) atoms. The van der Waals surface area contributed by atoms with Crippen LogP contribution in [0.5, 0.6) is 5.75 Å². The summed E-state index contributed by atoms with van der Waals surface area (Å²) in [6, 6.07) is 4.00. The molecule has 1 aromatic carbocycles. The number of nitrogens with zero attached hydrogens (tertiary/aromatic N) is 3. The molecule has 1 aromatic heterocycles. The van der Waals surface area contributed by atoms with Crippen molar-refractivity contribution in [3.05, 3.63) is 39.6 Å². The fourth-order valence-corrected chi connectivity index (χ4v) is 4.32. The lowest BCUT2D eigenvalue weighted by molar-refractivity contribution is -0.646. The van der Waals surface area contributed by atoms with Gasteiger partial charge in [-0.25, -0.2) is 4.79 Å². The lowest BCUT2D eigenvalue weighted by Gasteiger charge is -2.29. The van der Waals surface area contributed by atoms with Crippen LogP contribution in [0.15, 0.2) is 12.1 Å². The van der Waals surface area contributed by atoms with E-state index in [0.29, 0.717) is 22.8 Å². The van der Waals surface area contributed by atoms with Crippen LogP contribution in [-0.4, -0.2) is 35.3 Å². The molecule has 0 radical (unpaired) electrons. The maximum absolute atomic E-state index is 12.6. The summed E-state index contributed by atoms with van der Waals surface area (Å²) >= 11 is 0. The third-order valence-electron chi connectivity index (χ3n) is 5.91. The molecule has 11 heteroatoms. The van der Waals surface area contributed by atoms with Gasteiger partial charge in [0, 0.05) is 12.5 Å². The topological polar surface area (TPSA) is 88.4 Å². The summed E-state index contributed by atoms with van der Waals surface area (Å²) < 4.78 is 43.6. The van der Waals surface area contributed by atoms with Crippen molar-refractivity contribution in [3.8, 4) is 16.9 Å². The smallest absolute Gasteiger partial charge is 0.484 e. The van der Waals surface area contributed by atoms with Gasteiger partial charge in [-0.15, -0.1) is 0 Å². The summed E-state index contributed by atoms with van der Waals surface area (Å²) in [5, 5.41) is 7.17. The molecule has 0 bridgehead atoms. The van der Waals surface area contributed by atoms with Crippen LogP contribution in [0.25, 0.3) is 11.1 Å². The number of ether oxygens (including phenoxy) is 1. The van der Waals surface area contributed by atoms with Gasteiger partial charge in [-0.3, -0.25) is 4.84 Å².